The number of aryl methyl sites for hydroxylation is 1. The molecule has 3 aromatic carbocycles. The van der Waals surface area contributed by atoms with E-state index in [1.54, 1.807) is 13.0 Å². The van der Waals surface area contributed by atoms with Crippen LogP contribution < -0.4 is 10.9 Å². The standard InChI is InChI=1S/C25H16BrCl3F3N3O3/c1-12-6-13(2-4-18(12)23(37)34-33-22(36)14-3-5-19(26)20(29)7-14)21-11-24(38-35-21,25(30,31)32)15-8-16(27)10-17(28)9-15/h2-10H,11H2,1H3,(H,33,36)(H,34,37). The summed E-state index contributed by atoms with van der Waals surface area (Å²) >= 11 is 21.1. The minimum Gasteiger partial charge on any atom is -0.374 e. The van der Waals surface area contributed by atoms with Crippen LogP contribution in [0.1, 0.15) is 43.8 Å². The van der Waals surface area contributed by atoms with E-state index in [1.165, 1.54) is 36.4 Å². The van der Waals surface area contributed by atoms with Crippen LogP contribution in [-0.2, 0) is 10.4 Å². The molecule has 4 rings (SSSR count). The van der Waals surface area contributed by atoms with Gasteiger partial charge >= 0.3 is 6.18 Å². The summed E-state index contributed by atoms with van der Waals surface area (Å²) in [5, 5.41) is 4.09. The predicted molar refractivity (Wildman–Crippen MR) is 142 cm³/mol. The highest BCUT2D eigenvalue weighted by atomic mass is 79.9. The summed E-state index contributed by atoms with van der Waals surface area (Å²) in [4.78, 5) is 30.0. The number of hydrogen-bond acceptors (Lipinski definition) is 4. The zero-order chi connectivity index (χ0) is 27.8. The number of halogens is 7. The highest BCUT2D eigenvalue weighted by molar-refractivity contribution is 9.10. The normalized spacial score (nSPS) is 17.0. The van der Waals surface area contributed by atoms with Gasteiger partial charge in [0.1, 0.15) is 0 Å². The van der Waals surface area contributed by atoms with Gasteiger partial charge in [-0.2, -0.15) is 13.2 Å². The predicted octanol–water partition coefficient (Wildman–Crippen LogP) is 7.37. The minimum absolute atomic E-state index is 0.0221. The molecule has 0 radical (unpaired) electrons. The number of nitrogens with one attached hydrogen (secondary N) is 2. The second-order valence-corrected chi connectivity index (χ2v) is 10.5. The Hall–Kier alpha value is -2.79. The lowest BCUT2D eigenvalue weighted by Gasteiger charge is -2.29. The zero-order valence-electron chi connectivity index (χ0n) is 19.2. The van der Waals surface area contributed by atoms with Crippen molar-refractivity contribution < 1.29 is 27.6 Å². The van der Waals surface area contributed by atoms with Gasteiger partial charge in [-0.05, 0) is 82.5 Å². The summed E-state index contributed by atoms with van der Waals surface area (Å²) < 4.78 is 43.3. The van der Waals surface area contributed by atoms with Gasteiger partial charge in [-0.3, -0.25) is 20.4 Å². The summed E-state index contributed by atoms with van der Waals surface area (Å²) in [6.45, 7) is 1.60. The van der Waals surface area contributed by atoms with Gasteiger partial charge in [-0.1, -0.05) is 46.0 Å². The number of amides is 2. The monoisotopic (exact) mass is 647 g/mol. The van der Waals surface area contributed by atoms with Crippen LogP contribution in [0.2, 0.25) is 15.1 Å². The molecule has 0 saturated carbocycles. The fraction of sp³-hybridized carbons (Fsp3) is 0.160. The Labute approximate surface area is 238 Å². The molecule has 6 nitrogen and oxygen atoms in total. The largest absolute Gasteiger partial charge is 0.435 e. The smallest absolute Gasteiger partial charge is 0.374 e. The summed E-state index contributed by atoms with van der Waals surface area (Å²) in [6.07, 6.45) is -5.47. The minimum atomic E-state index is -4.83. The van der Waals surface area contributed by atoms with E-state index in [4.69, 9.17) is 39.6 Å². The molecule has 0 spiro atoms. The number of carbonyl (C=O) groups excluding carboxylic acids is 2. The topological polar surface area (TPSA) is 79.8 Å². The van der Waals surface area contributed by atoms with Gasteiger partial charge in [0.15, 0.2) is 0 Å². The summed E-state index contributed by atoms with van der Waals surface area (Å²) in [5.74, 6) is -1.22. The Morgan fingerprint density at radius 3 is 2.24 bits per heavy atom. The molecule has 0 saturated heterocycles. The Bertz CT molecular complexity index is 1460. The van der Waals surface area contributed by atoms with Crippen LogP contribution in [0.25, 0.3) is 0 Å². The third-order valence-corrected chi connectivity index (χ3v) is 7.46. The van der Waals surface area contributed by atoms with E-state index in [0.29, 0.717) is 20.6 Å². The Morgan fingerprint density at radius 2 is 1.63 bits per heavy atom. The van der Waals surface area contributed by atoms with Crippen molar-refractivity contribution in [2.45, 2.75) is 25.1 Å². The first kappa shape index (κ1) is 28.2. The van der Waals surface area contributed by atoms with E-state index in [2.05, 4.69) is 31.9 Å². The van der Waals surface area contributed by atoms with Crippen LogP contribution in [0.3, 0.4) is 0 Å². The van der Waals surface area contributed by atoms with Crippen molar-refractivity contribution in [3.05, 3.63) is 102 Å². The molecular formula is C25H16BrCl3F3N3O3. The van der Waals surface area contributed by atoms with Crippen molar-refractivity contribution in [3.63, 3.8) is 0 Å². The molecule has 3 aromatic rings. The molecule has 0 fully saturated rings. The highest BCUT2D eigenvalue weighted by Crippen LogP contribution is 2.49. The molecule has 1 atom stereocenters. The van der Waals surface area contributed by atoms with Gasteiger partial charge in [0, 0.05) is 37.6 Å². The van der Waals surface area contributed by atoms with Crippen molar-refractivity contribution >= 4 is 68.3 Å². The lowest BCUT2D eigenvalue weighted by molar-refractivity contribution is -0.275. The van der Waals surface area contributed by atoms with Gasteiger partial charge in [0.25, 0.3) is 17.4 Å². The van der Waals surface area contributed by atoms with E-state index < -0.39 is 30.0 Å². The van der Waals surface area contributed by atoms with Crippen molar-refractivity contribution in [1.29, 1.82) is 0 Å². The van der Waals surface area contributed by atoms with Crippen LogP contribution in [0.4, 0.5) is 13.2 Å². The van der Waals surface area contributed by atoms with E-state index in [1.807, 2.05) is 0 Å². The molecule has 1 aliphatic rings. The van der Waals surface area contributed by atoms with Crippen LogP contribution >= 0.6 is 50.7 Å². The quantitative estimate of drug-likeness (QED) is 0.290. The van der Waals surface area contributed by atoms with Gasteiger partial charge in [0.2, 0.25) is 0 Å². The number of carbonyl (C=O) groups is 2. The maximum Gasteiger partial charge on any atom is 0.435 e. The number of nitrogens with zero attached hydrogens (tertiary/aromatic N) is 1. The SMILES string of the molecule is Cc1cc(C2=NOC(c3cc(Cl)cc(Cl)c3)(C(F)(F)F)C2)ccc1C(=O)NNC(=O)c1ccc(Br)c(Cl)c1. The third-order valence-electron chi connectivity index (χ3n) is 5.79. The average Bonchev–Trinajstić information content (AvgIpc) is 3.30. The summed E-state index contributed by atoms with van der Waals surface area (Å²) in [6, 6.07) is 12.5. The van der Waals surface area contributed by atoms with E-state index in [9.17, 15) is 22.8 Å². The molecule has 2 amide bonds. The fourth-order valence-electron chi connectivity index (χ4n) is 3.83. The first-order valence-electron chi connectivity index (χ1n) is 10.8. The molecule has 198 valence electrons. The second-order valence-electron chi connectivity index (χ2n) is 8.36. The maximum absolute atomic E-state index is 14.2. The van der Waals surface area contributed by atoms with Gasteiger partial charge < -0.3 is 4.84 Å². The molecule has 2 N–H and O–H groups in total. The first-order valence-corrected chi connectivity index (χ1v) is 12.7. The van der Waals surface area contributed by atoms with Crippen molar-refractivity contribution in [1.82, 2.24) is 10.9 Å². The van der Waals surface area contributed by atoms with Gasteiger partial charge in [0.05, 0.1) is 10.7 Å². The number of benzene rings is 3. The number of oxime groups is 1. The zero-order valence-corrected chi connectivity index (χ0v) is 23.1. The van der Waals surface area contributed by atoms with Crippen molar-refractivity contribution in [2.24, 2.45) is 5.16 Å². The fourth-order valence-corrected chi connectivity index (χ4v) is 4.79. The molecule has 0 bridgehead atoms. The second kappa shape index (κ2) is 10.8. The Morgan fingerprint density at radius 1 is 0.974 bits per heavy atom. The third kappa shape index (κ3) is 5.63. The molecule has 0 aliphatic carbocycles. The van der Waals surface area contributed by atoms with Crippen LogP contribution in [-0.4, -0.2) is 23.7 Å². The van der Waals surface area contributed by atoms with E-state index in [0.717, 1.165) is 12.1 Å². The summed E-state index contributed by atoms with van der Waals surface area (Å²) in [7, 11) is 0. The first-order chi connectivity index (χ1) is 17.8. The van der Waals surface area contributed by atoms with E-state index >= 15 is 0 Å². The Balaban J connectivity index is 1.50. The number of alkyl halides is 3. The van der Waals surface area contributed by atoms with Gasteiger partial charge in [-0.25, -0.2) is 0 Å². The lowest BCUT2D eigenvalue weighted by Crippen LogP contribution is -2.42. The van der Waals surface area contributed by atoms with Crippen LogP contribution in [0.5, 0.6) is 0 Å². The van der Waals surface area contributed by atoms with Crippen molar-refractivity contribution in [3.8, 4) is 0 Å². The van der Waals surface area contributed by atoms with Gasteiger partial charge in [-0.15, -0.1) is 0 Å². The molecule has 38 heavy (non-hydrogen) atoms. The number of hydrogen-bond donors (Lipinski definition) is 2. The average molecular weight is 650 g/mol. The highest BCUT2D eigenvalue weighted by Gasteiger charge is 2.62. The Kier molecular flexibility index (Phi) is 7.99. The summed E-state index contributed by atoms with van der Waals surface area (Å²) in [5.41, 5.74) is 2.72. The molecule has 1 unspecified atom stereocenters. The van der Waals surface area contributed by atoms with Crippen LogP contribution in [0.15, 0.2) is 64.2 Å². The lowest BCUT2D eigenvalue weighted by atomic mass is 9.86. The molecule has 1 aliphatic heterocycles. The molecule has 1 heterocycles. The maximum atomic E-state index is 14.2. The van der Waals surface area contributed by atoms with Crippen LogP contribution in [0, 0.1) is 6.92 Å². The molecular weight excluding hydrogens is 634 g/mol. The number of hydrazine groups is 1. The number of rotatable bonds is 4. The van der Waals surface area contributed by atoms with E-state index in [-0.39, 0.29) is 32.4 Å². The van der Waals surface area contributed by atoms with Crippen molar-refractivity contribution in [2.75, 3.05) is 0 Å². The molecule has 0 aromatic heterocycles. The molecule has 13 heteroatoms.